The second kappa shape index (κ2) is 23.3. The number of rotatable bonds is 11. The summed E-state index contributed by atoms with van der Waals surface area (Å²) in [6, 6.07) is 8.75. The molecule has 3 fully saturated rings. The Balaban J connectivity index is 1.20. The molecule has 0 spiro atoms. The minimum Gasteiger partial charge on any atom is -0.464 e. The third-order valence-electron chi connectivity index (χ3n) is 15.8. The molecular weight excluding hydrogens is 980 g/mol. The summed E-state index contributed by atoms with van der Waals surface area (Å²) in [5, 5.41) is 1.25. The fourth-order valence-corrected chi connectivity index (χ4v) is 12.6. The van der Waals surface area contributed by atoms with Gasteiger partial charge in [-0.25, -0.2) is 9.82 Å². The van der Waals surface area contributed by atoms with Gasteiger partial charge in [-0.2, -0.15) is 24.4 Å². The lowest BCUT2D eigenvalue weighted by Crippen LogP contribution is -2.60. The first-order valence-corrected chi connectivity index (χ1v) is 27.9. The largest absolute Gasteiger partial charge is 0.464 e. The van der Waals surface area contributed by atoms with E-state index in [1.54, 1.807) is 38.9 Å². The van der Waals surface area contributed by atoms with Crippen molar-refractivity contribution in [2.45, 2.75) is 140 Å². The molecule has 6 bridgehead atoms. The number of piperidine rings is 1. The predicted molar refractivity (Wildman–Crippen MR) is 294 cm³/mol. The number of halogens is 1. The molecule has 3 aromatic rings. The predicted octanol–water partition coefficient (Wildman–Crippen LogP) is 7.00. The van der Waals surface area contributed by atoms with Gasteiger partial charge in [0.25, 0.3) is 11.8 Å². The number of pyridine rings is 1. The first kappa shape index (κ1) is 57.0. The van der Waals surface area contributed by atoms with E-state index < -0.39 is 69.4 Å². The van der Waals surface area contributed by atoms with Gasteiger partial charge in [-0.05, 0) is 115 Å². The zero-order chi connectivity index (χ0) is 54.0. The number of carbonyl (C=O) groups excluding carboxylic acids is 5. The van der Waals surface area contributed by atoms with E-state index in [-0.39, 0.29) is 56.2 Å². The smallest absolute Gasteiger partial charge is 0.324 e. The standard InChI is InChI=1S/C56H79FN8O7S2/c1-13-64-44-19-18-37-30-40(44)42(48(64)39-16-14-24-58-46(39)36(4)71-12)32-54(5,6)34-72-52(69)43-17-15-25-65(59-43)51(68)41(31-38-33-63(37)28-29-74-38)50(73)49(67)47(35(2)3)61(11)53(70)56(57)22-26-62(27-23-56)45(66)20-21-55(7,8)60(9)10/h14,16,18-19,24,30,35-36,38,41,43,47,50,59,73H,13,15,17,22-23,25-29,31-34H2,1-12H3/t36-,38-,41+,43-,47-,50?/m0/s1. The van der Waals surface area contributed by atoms with Gasteiger partial charge in [-0.1, -0.05) is 33.6 Å². The van der Waals surface area contributed by atoms with E-state index in [4.69, 9.17) is 27.1 Å². The molecule has 1 aromatic carbocycles. The van der Waals surface area contributed by atoms with E-state index in [0.29, 0.717) is 38.9 Å². The number of ether oxygens (including phenoxy) is 2. The number of carbonyl (C=O) groups is 5. The number of alkyl halides is 1. The van der Waals surface area contributed by atoms with Crippen LogP contribution in [0.5, 0.6) is 0 Å². The number of thiol groups is 1. The van der Waals surface area contributed by atoms with Gasteiger partial charge in [0.15, 0.2) is 11.5 Å². The molecule has 3 saturated heterocycles. The van der Waals surface area contributed by atoms with Crippen LogP contribution in [0.15, 0.2) is 36.5 Å². The maximum atomic E-state index is 16.9. The summed E-state index contributed by atoms with van der Waals surface area (Å²) in [4.78, 5) is 83.3. The minimum atomic E-state index is -2.33. The quantitative estimate of drug-likeness (QED) is 0.116. The molecule has 3 amide bonds. The van der Waals surface area contributed by atoms with Crippen LogP contribution in [0.1, 0.15) is 105 Å². The number of anilines is 1. The molecule has 74 heavy (non-hydrogen) atoms. The average Bonchev–Trinajstić information content (AvgIpc) is 3.69. The Morgan fingerprint density at radius 3 is 2.46 bits per heavy atom. The number of aryl methyl sites for hydroxylation is 1. The van der Waals surface area contributed by atoms with Crippen molar-refractivity contribution < 1.29 is 37.8 Å². The number of hydrazine groups is 1. The molecule has 7 rings (SSSR count). The fraction of sp³-hybridized carbons (Fsp3) is 0.643. The second-order valence-corrected chi connectivity index (χ2v) is 24.5. The van der Waals surface area contributed by atoms with E-state index in [1.165, 1.54) is 21.9 Å². The van der Waals surface area contributed by atoms with Crippen molar-refractivity contribution in [2.75, 3.05) is 78.2 Å². The van der Waals surface area contributed by atoms with Crippen molar-refractivity contribution in [2.24, 2.45) is 17.3 Å². The Morgan fingerprint density at radius 2 is 1.80 bits per heavy atom. The highest BCUT2D eigenvalue weighted by Gasteiger charge is 2.49. The summed E-state index contributed by atoms with van der Waals surface area (Å²) in [5.41, 5.74) is 5.91. The van der Waals surface area contributed by atoms with Gasteiger partial charge in [-0.3, -0.25) is 38.9 Å². The third kappa shape index (κ3) is 12.1. The summed E-state index contributed by atoms with van der Waals surface area (Å²) < 4.78 is 31.3. The van der Waals surface area contributed by atoms with Gasteiger partial charge in [0.05, 0.1) is 46.8 Å². The number of cyclic esters (lactones) is 1. The Labute approximate surface area is 447 Å². The Hall–Kier alpha value is -4.67. The Bertz CT molecular complexity index is 2640. The summed E-state index contributed by atoms with van der Waals surface area (Å²) in [5.74, 6) is 2.43. The van der Waals surface area contributed by atoms with E-state index in [2.05, 4.69) is 71.8 Å². The summed E-state index contributed by atoms with van der Waals surface area (Å²) in [6.07, 6.45) is 2.88. The van der Waals surface area contributed by atoms with Crippen molar-refractivity contribution in [1.29, 1.82) is 0 Å². The van der Waals surface area contributed by atoms with Crippen LogP contribution in [0.3, 0.4) is 0 Å². The van der Waals surface area contributed by atoms with Crippen LogP contribution in [-0.2, 0) is 46.4 Å². The fourth-order valence-electron chi connectivity index (χ4n) is 10.9. The number of amides is 3. The van der Waals surface area contributed by atoms with Gasteiger partial charge >= 0.3 is 5.97 Å². The van der Waals surface area contributed by atoms with Crippen molar-refractivity contribution in [3.8, 4) is 23.1 Å². The van der Waals surface area contributed by atoms with Crippen LogP contribution >= 0.6 is 24.4 Å². The van der Waals surface area contributed by atoms with Crippen LogP contribution in [0.25, 0.3) is 22.2 Å². The van der Waals surface area contributed by atoms with Crippen LogP contribution in [0.4, 0.5) is 10.1 Å². The Morgan fingerprint density at radius 1 is 1.08 bits per heavy atom. The number of nitrogens with zero attached hydrogens (tertiary/aromatic N) is 7. The monoisotopic (exact) mass is 1060 g/mol. The Kier molecular flexibility index (Phi) is 18.0. The molecule has 6 heterocycles. The first-order valence-electron chi connectivity index (χ1n) is 26.3. The van der Waals surface area contributed by atoms with Crippen molar-refractivity contribution >= 4 is 70.5 Å². The van der Waals surface area contributed by atoms with E-state index in [9.17, 15) is 14.4 Å². The molecule has 0 saturated carbocycles. The summed E-state index contributed by atoms with van der Waals surface area (Å²) in [7, 11) is 6.88. The molecule has 4 aliphatic heterocycles. The highest BCUT2D eigenvalue weighted by Crippen LogP contribution is 2.43. The zero-order valence-electron chi connectivity index (χ0n) is 45.6. The van der Waals surface area contributed by atoms with Gasteiger partial charge in [0.2, 0.25) is 5.91 Å². The molecule has 4 aliphatic rings. The molecule has 0 radical (unpaired) electrons. The number of esters is 1. The number of hydrogen-bond acceptors (Lipinski definition) is 13. The number of hydrogen-bond donors (Lipinski definition) is 2. The maximum Gasteiger partial charge on any atom is 0.324 e. The zero-order valence-corrected chi connectivity index (χ0v) is 47.3. The summed E-state index contributed by atoms with van der Waals surface area (Å²) >= 11 is 6.76. The minimum absolute atomic E-state index is 0.00867. The van der Waals surface area contributed by atoms with Gasteiger partial charge < -0.3 is 28.7 Å². The molecule has 15 nitrogen and oxygen atoms in total. The number of likely N-dealkylation sites (tertiary alicyclic amines) is 1. The first-order chi connectivity index (χ1) is 34.9. The normalized spacial score (nSPS) is 22.9. The maximum absolute atomic E-state index is 16.9. The van der Waals surface area contributed by atoms with Gasteiger partial charge in [-0.15, -0.1) is 0 Å². The number of likely N-dealkylation sites (N-methyl/N-ethyl adjacent to an activating group) is 1. The third-order valence-corrected chi connectivity index (χ3v) is 17.6. The molecule has 2 aromatic heterocycles. The lowest BCUT2D eigenvalue weighted by molar-refractivity contribution is -0.156. The van der Waals surface area contributed by atoms with E-state index >= 15 is 14.0 Å². The SMILES string of the molecule is CCn1c(-c2cccnc2[C@H](C)OC)c2c3cc(ccc31)N1CCS[C@@H](C[C@H](C(S)C(=O)[C@H](C(C)C)N(C)C(=O)C3(F)CCN(C(=O)C#CC(C)(C)N(C)C)CC3)C(=O)N3CCC[C@H](N3)C(=O)OCC(C)(C)C2)C1. The molecule has 0 aliphatic carbocycles. The number of Topliss-reactive ketones (excluding diaryl/α,β-unsaturated/α-hetero) is 1. The number of ketones is 1. The van der Waals surface area contributed by atoms with Gasteiger partial charge in [0.1, 0.15) is 6.04 Å². The van der Waals surface area contributed by atoms with Crippen molar-refractivity contribution in [3.63, 3.8) is 0 Å². The number of methoxy groups -OCH3 is 1. The molecule has 18 heteroatoms. The van der Waals surface area contributed by atoms with Crippen molar-refractivity contribution in [1.82, 2.24) is 34.7 Å². The lowest BCUT2D eigenvalue weighted by atomic mass is 9.84. The summed E-state index contributed by atoms with van der Waals surface area (Å²) in [6.45, 7) is 18.2. The van der Waals surface area contributed by atoms with Crippen LogP contribution in [0, 0.1) is 29.1 Å². The number of benzene rings is 1. The lowest BCUT2D eigenvalue weighted by Gasteiger charge is -2.41. The molecule has 1 N–H and O–H groups in total. The average molecular weight is 1060 g/mol. The molecule has 404 valence electrons. The van der Waals surface area contributed by atoms with E-state index in [1.807, 2.05) is 45.8 Å². The highest BCUT2D eigenvalue weighted by atomic mass is 32.2. The van der Waals surface area contributed by atoms with Crippen molar-refractivity contribution in [3.05, 3.63) is 47.8 Å². The number of fused-ring (bicyclic) bond motifs is 6. The van der Waals surface area contributed by atoms with Crippen LogP contribution in [0.2, 0.25) is 0 Å². The second-order valence-electron chi connectivity index (χ2n) is 22.5. The molecular formula is C56H79FN8O7S2. The van der Waals surface area contributed by atoms with E-state index in [0.717, 1.165) is 51.4 Å². The number of nitrogens with one attached hydrogen (secondary N) is 1. The van der Waals surface area contributed by atoms with Crippen LogP contribution < -0.4 is 10.3 Å². The van der Waals surface area contributed by atoms with Gasteiger partial charge in [0, 0.05) is 111 Å². The number of thioether (sulfide) groups is 1. The van der Waals surface area contributed by atoms with Crippen LogP contribution in [-0.4, -0.2) is 166 Å². The molecule has 6 atom stereocenters. The highest BCUT2D eigenvalue weighted by molar-refractivity contribution is 8.00. The number of aromatic nitrogens is 2. The molecule has 1 unspecified atom stereocenters. The topological polar surface area (TPSA) is 150 Å².